The van der Waals surface area contributed by atoms with Gasteiger partial charge in [0.25, 0.3) is 0 Å². The molecule has 166 valence electrons. The zero-order valence-corrected chi connectivity index (χ0v) is 19.7. The van der Waals surface area contributed by atoms with Crippen LogP contribution in [0, 0.1) is 0 Å². The lowest BCUT2D eigenvalue weighted by molar-refractivity contribution is 1.68. The Kier molecular flexibility index (Phi) is 4.03. The average Bonchev–Trinajstić information content (AvgIpc) is 2.95. The summed E-state index contributed by atoms with van der Waals surface area (Å²) in [5, 5.41) is 13.1. The lowest BCUT2D eigenvalue weighted by Gasteiger charge is -2.17. The summed E-state index contributed by atoms with van der Waals surface area (Å²) in [5.74, 6) is 0. The molecule has 0 radical (unpaired) electrons. The first kappa shape index (κ1) is 19.6. The minimum absolute atomic E-state index is 1.26. The Balaban J connectivity index is 1.45. The van der Waals surface area contributed by atoms with E-state index in [1.54, 1.807) is 0 Å². The summed E-state index contributed by atoms with van der Waals surface area (Å²) >= 11 is 0. The standard InChI is InChI=1S/C36H22/c1-2-8-27-22-28(13-12-23(27)6-1)30-18-14-25-17-21-34-32(19-15-26-16-20-33(30)35(25)36(26)34)31-11-5-9-24-7-3-4-10-29(24)31/h1-22H. The molecule has 0 spiro atoms. The van der Waals surface area contributed by atoms with Gasteiger partial charge in [0.2, 0.25) is 0 Å². The monoisotopic (exact) mass is 454 g/mol. The van der Waals surface area contributed by atoms with Crippen LogP contribution in [-0.2, 0) is 0 Å². The fourth-order valence-electron chi connectivity index (χ4n) is 6.10. The summed E-state index contributed by atoms with van der Waals surface area (Å²) < 4.78 is 0. The van der Waals surface area contributed by atoms with Gasteiger partial charge in [-0.15, -0.1) is 0 Å². The van der Waals surface area contributed by atoms with Crippen molar-refractivity contribution in [3.8, 4) is 22.3 Å². The van der Waals surface area contributed by atoms with Gasteiger partial charge in [-0.25, -0.2) is 0 Å². The van der Waals surface area contributed by atoms with Gasteiger partial charge >= 0.3 is 0 Å². The second-order valence-electron chi connectivity index (χ2n) is 9.74. The van der Waals surface area contributed by atoms with Gasteiger partial charge in [0.1, 0.15) is 0 Å². The molecule has 0 saturated carbocycles. The third kappa shape index (κ3) is 2.76. The van der Waals surface area contributed by atoms with E-state index in [-0.39, 0.29) is 0 Å². The molecule has 0 aliphatic rings. The molecule has 0 fully saturated rings. The van der Waals surface area contributed by atoms with Gasteiger partial charge in [0, 0.05) is 0 Å². The fourth-order valence-corrected chi connectivity index (χ4v) is 6.10. The van der Waals surface area contributed by atoms with E-state index in [4.69, 9.17) is 0 Å². The van der Waals surface area contributed by atoms with Gasteiger partial charge in [-0.1, -0.05) is 127 Å². The van der Waals surface area contributed by atoms with Gasteiger partial charge in [0.15, 0.2) is 0 Å². The van der Waals surface area contributed by atoms with Crippen LogP contribution in [0.3, 0.4) is 0 Å². The summed E-state index contributed by atoms with van der Waals surface area (Å²) in [7, 11) is 0. The molecule has 0 atom stereocenters. The molecule has 0 heteroatoms. The van der Waals surface area contributed by atoms with Gasteiger partial charge in [0.05, 0.1) is 0 Å². The molecule has 0 nitrogen and oxygen atoms in total. The van der Waals surface area contributed by atoms with Gasteiger partial charge in [-0.3, -0.25) is 0 Å². The fraction of sp³-hybridized carbons (Fsp3) is 0. The first-order valence-electron chi connectivity index (χ1n) is 12.5. The van der Waals surface area contributed by atoms with Crippen LogP contribution in [-0.4, -0.2) is 0 Å². The van der Waals surface area contributed by atoms with Gasteiger partial charge < -0.3 is 0 Å². The average molecular weight is 455 g/mol. The predicted octanol–water partition coefficient (Wildman–Crippen LogP) is 10.2. The first-order chi connectivity index (χ1) is 17.8. The van der Waals surface area contributed by atoms with E-state index >= 15 is 0 Å². The maximum absolute atomic E-state index is 2.32. The van der Waals surface area contributed by atoms with E-state index in [2.05, 4.69) is 133 Å². The van der Waals surface area contributed by atoms with Crippen molar-refractivity contribution in [2.75, 3.05) is 0 Å². The molecule has 8 aromatic carbocycles. The van der Waals surface area contributed by atoms with E-state index in [1.165, 1.54) is 76.1 Å². The van der Waals surface area contributed by atoms with E-state index in [1.807, 2.05) is 0 Å². The Labute approximate surface area is 209 Å². The first-order valence-corrected chi connectivity index (χ1v) is 12.5. The second kappa shape index (κ2) is 7.41. The molecule has 0 N–H and O–H groups in total. The van der Waals surface area contributed by atoms with Crippen LogP contribution in [0.5, 0.6) is 0 Å². The van der Waals surface area contributed by atoms with E-state index in [0.29, 0.717) is 0 Å². The topological polar surface area (TPSA) is 0 Å². The lowest BCUT2D eigenvalue weighted by Crippen LogP contribution is -1.90. The largest absolute Gasteiger partial charge is 0.0616 e. The molecule has 0 aliphatic carbocycles. The molecule has 8 rings (SSSR count). The third-order valence-corrected chi connectivity index (χ3v) is 7.80. The number of hydrogen-bond donors (Lipinski definition) is 0. The van der Waals surface area contributed by atoms with Crippen LogP contribution in [0.1, 0.15) is 0 Å². The van der Waals surface area contributed by atoms with Crippen molar-refractivity contribution in [1.82, 2.24) is 0 Å². The van der Waals surface area contributed by atoms with Crippen LogP contribution in [0.15, 0.2) is 133 Å². The molecule has 0 bridgehead atoms. The van der Waals surface area contributed by atoms with Crippen LogP contribution in [0.4, 0.5) is 0 Å². The highest BCUT2D eigenvalue weighted by molar-refractivity contribution is 6.28. The Hall–Kier alpha value is -4.68. The highest BCUT2D eigenvalue weighted by Crippen LogP contribution is 2.43. The number of rotatable bonds is 2. The summed E-state index contributed by atoms with van der Waals surface area (Å²) in [6, 6.07) is 49.1. The number of hydrogen-bond acceptors (Lipinski definition) is 0. The van der Waals surface area contributed by atoms with Crippen LogP contribution >= 0.6 is 0 Å². The molecular weight excluding hydrogens is 432 g/mol. The normalized spacial score (nSPS) is 11.9. The van der Waals surface area contributed by atoms with Crippen LogP contribution in [0.2, 0.25) is 0 Å². The number of fused-ring (bicyclic) bond motifs is 2. The molecule has 0 aromatic heterocycles. The summed E-state index contributed by atoms with van der Waals surface area (Å²) in [5.41, 5.74) is 5.14. The molecule has 0 unspecified atom stereocenters. The number of benzene rings is 8. The van der Waals surface area contributed by atoms with Crippen LogP contribution < -0.4 is 0 Å². The van der Waals surface area contributed by atoms with E-state index < -0.39 is 0 Å². The Morgan fingerprint density at radius 1 is 0.278 bits per heavy atom. The van der Waals surface area contributed by atoms with Crippen molar-refractivity contribution in [2.24, 2.45) is 0 Å². The van der Waals surface area contributed by atoms with Gasteiger partial charge in [-0.05, 0) is 82.2 Å². The highest BCUT2D eigenvalue weighted by Gasteiger charge is 2.15. The quantitative estimate of drug-likeness (QED) is 0.228. The van der Waals surface area contributed by atoms with Crippen molar-refractivity contribution in [2.45, 2.75) is 0 Å². The van der Waals surface area contributed by atoms with E-state index in [0.717, 1.165) is 0 Å². The molecule has 36 heavy (non-hydrogen) atoms. The molecule has 0 saturated heterocycles. The molecule has 0 amide bonds. The maximum atomic E-state index is 2.32. The Morgan fingerprint density at radius 3 is 1.64 bits per heavy atom. The minimum Gasteiger partial charge on any atom is -0.0616 e. The third-order valence-electron chi connectivity index (χ3n) is 7.80. The zero-order valence-electron chi connectivity index (χ0n) is 19.7. The molecule has 0 heterocycles. The predicted molar refractivity (Wildman–Crippen MR) is 156 cm³/mol. The minimum atomic E-state index is 1.26. The lowest BCUT2D eigenvalue weighted by atomic mass is 9.86. The van der Waals surface area contributed by atoms with Crippen molar-refractivity contribution in [1.29, 1.82) is 0 Å². The molecule has 8 aromatic rings. The maximum Gasteiger partial charge on any atom is -0.00203 e. The smallest absolute Gasteiger partial charge is 0.00203 e. The molecule has 0 aliphatic heterocycles. The van der Waals surface area contributed by atoms with E-state index in [9.17, 15) is 0 Å². The van der Waals surface area contributed by atoms with Crippen LogP contribution in [0.25, 0.3) is 76.1 Å². The van der Waals surface area contributed by atoms with Crippen molar-refractivity contribution < 1.29 is 0 Å². The van der Waals surface area contributed by atoms with Crippen molar-refractivity contribution in [3.63, 3.8) is 0 Å². The van der Waals surface area contributed by atoms with Crippen molar-refractivity contribution >= 4 is 53.9 Å². The highest BCUT2D eigenvalue weighted by atomic mass is 14.2. The Morgan fingerprint density at radius 2 is 0.833 bits per heavy atom. The summed E-state index contributed by atoms with van der Waals surface area (Å²) in [6.45, 7) is 0. The van der Waals surface area contributed by atoms with Gasteiger partial charge in [-0.2, -0.15) is 0 Å². The Bertz CT molecular complexity index is 2090. The summed E-state index contributed by atoms with van der Waals surface area (Å²) in [4.78, 5) is 0. The SMILES string of the molecule is c1ccc2cc(-c3ccc4ccc5c(-c6cccc7ccccc67)ccc6ccc3c4c65)ccc2c1. The molecular formula is C36H22. The summed E-state index contributed by atoms with van der Waals surface area (Å²) in [6.07, 6.45) is 0. The second-order valence-corrected chi connectivity index (χ2v) is 9.74. The zero-order chi connectivity index (χ0) is 23.6. The van der Waals surface area contributed by atoms with Crippen molar-refractivity contribution in [3.05, 3.63) is 133 Å².